The van der Waals surface area contributed by atoms with Gasteiger partial charge in [0.15, 0.2) is 0 Å². The third kappa shape index (κ3) is 3.15. The highest BCUT2D eigenvalue weighted by atomic mass is 32.1. The van der Waals surface area contributed by atoms with E-state index in [4.69, 9.17) is 0 Å². The van der Waals surface area contributed by atoms with Crippen LogP contribution < -0.4 is 5.32 Å². The Balaban J connectivity index is 2.18. The van der Waals surface area contributed by atoms with Gasteiger partial charge in [0.2, 0.25) is 11.8 Å². The first-order valence-corrected chi connectivity index (χ1v) is 7.69. The maximum atomic E-state index is 12.5. The zero-order valence-electron chi connectivity index (χ0n) is 11.4. The molecule has 19 heavy (non-hydrogen) atoms. The van der Waals surface area contributed by atoms with Gasteiger partial charge in [0, 0.05) is 13.0 Å². The minimum absolute atomic E-state index is 0.0215. The van der Waals surface area contributed by atoms with Crippen LogP contribution >= 0.6 is 11.3 Å². The number of amides is 2. The van der Waals surface area contributed by atoms with Gasteiger partial charge in [-0.1, -0.05) is 13.3 Å². The maximum Gasteiger partial charge on any atom is 0.245 e. The zero-order chi connectivity index (χ0) is 13.8. The van der Waals surface area contributed by atoms with Gasteiger partial charge in [0.25, 0.3) is 0 Å². The Morgan fingerprint density at radius 3 is 2.95 bits per heavy atom. The van der Waals surface area contributed by atoms with Gasteiger partial charge < -0.3 is 10.2 Å². The number of carbonyl (C=O) groups excluding carboxylic acids is 2. The summed E-state index contributed by atoms with van der Waals surface area (Å²) in [4.78, 5) is 26.0. The van der Waals surface area contributed by atoms with Crippen molar-refractivity contribution in [2.75, 3.05) is 6.54 Å². The van der Waals surface area contributed by atoms with E-state index in [1.807, 2.05) is 30.2 Å². The molecule has 5 heteroatoms. The number of hydrogen-bond acceptors (Lipinski definition) is 3. The second kappa shape index (κ2) is 6.19. The molecule has 1 saturated heterocycles. The number of nitrogens with one attached hydrogen (secondary N) is 1. The van der Waals surface area contributed by atoms with Crippen LogP contribution in [0.2, 0.25) is 0 Å². The molecule has 1 aliphatic rings. The number of rotatable bonds is 4. The fourth-order valence-electron chi connectivity index (χ4n) is 2.42. The Kier molecular flexibility index (Phi) is 4.58. The van der Waals surface area contributed by atoms with Crippen LogP contribution in [0.4, 0.5) is 0 Å². The standard InChI is InChI=1S/C14H20N2O2S/c1-3-4-12-14(18)16(7-5-13(17)15-12)10(2)11-6-8-19-9-11/h6,8-10,12H,3-5,7H2,1-2H3,(H,15,17). The Labute approximate surface area is 117 Å². The largest absolute Gasteiger partial charge is 0.344 e. The number of carbonyl (C=O) groups is 2. The molecule has 4 nitrogen and oxygen atoms in total. The van der Waals surface area contributed by atoms with Crippen molar-refractivity contribution < 1.29 is 9.59 Å². The van der Waals surface area contributed by atoms with E-state index in [9.17, 15) is 9.59 Å². The van der Waals surface area contributed by atoms with Gasteiger partial charge in [-0.05, 0) is 35.7 Å². The quantitative estimate of drug-likeness (QED) is 0.920. The highest BCUT2D eigenvalue weighted by Gasteiger charge is 2.32. The van der Waals surface area contributed by atoms with Crippen LogP contribution in [0.3, 0.4) is 0 Å². The third-order valence-electron chi connectivity index (χ3n) is 3.57. The van der Waals surface area contributed by atoms with Crippen molar-refractivity contribution in [1.29, 1.82) is 0 Å². The molecule has 0 bridgehead atoms. The Morgan fingerprint density at radius 2 is 2.32 bits per heavy atom. The number of thiophene rings is 1. The second-order valence-electron chi connectivity index (χ2n) is 4.92. The highest BCUT2D eigenvalue weighted by Crippen LogP contribution is 2.25. The van der Waals surface area contributed by atoms with Gasteiger partial charge in [-0.2, -0.15) is 11.3 Å². The molecule has 2 rings (SSSR count). The molecule has 1 aromatic rings. The molecule has 2 amide bonds. The summed E-state index contributed by atoms with van der Waals surface area (Å²) in [5.74, 6) is 0.0261. The van der Waals surface area contributed by atoms with Crippen LogP contribution in [0.25, 0.3) is 0 Å². The summed E-state index contributed by atoms with van der Waals surface area (Å²) in [6, 6.07) is 1.71. The molecule has 1 aromatic heterocycles. The maximum absolute atomic E-state index is 12.5. The van der Waals surface area contributed by atoms with Crippen molar-refractivity contribution in [2.45, 2.75) is 45.2 Å². The summed E-state index contributed by atoms with van der Waals surface area (Å²) in [6.07, 6.45) is 1.98. The third-order valence-corrected chi connectivity index (χ3v) is 4.27. The molecule has 0 aliphatic carbocycles. The first kappa shape index (κ1) is 14.1. The lowest BCUT2D eigenvalue weighted by Crippen LogP contribution is -2.45. The van der Waals surface area contributed by atoms with Gasteiger partial charge >= 0.3 is 0 Å². The van der Waals surface area contributed by atoms with E-state index in [1.54, 1.807) is 11.3 Å². The van der Waals surface area contributed by atoms with Crippen molar-refractivity contribution in [2.24, 2.45) is 0 Å². The molecule has 1 aliphatic heterocycles. The molecule has 1 fully saturated rings. The van der Waals surface area contributed by atoms with E-state index in [1.165, 1.54) is 0 Å². The SMILES string of the molecule is CCCC1NC(=O)CCN(C(C)c2ccsc2)C1=O. The van der Waals surface area contributed by atoms with E-state index < -0.39 is 0 Å². The lowest BCUT2D eigenvalue weighted by molar-refractivity contribution is -0.135. The van der Waals surface area contributed by atoms with Gasteiger partial charge in [0.1, 0.15) is 6.04 Å². The molecular weight excluding hydrogens is 260 g/mol. The summed E-state index contributed by atoms with van der Waals surface area (Å²) in [5, 5.41) is 6.91. The number of nitrogens with zero attached hydrogens (tertiary/aromatic N) is 1. The minimum Gasteiger partial charge on any atom is -0.344 e. The van der Waals surface area contributed by atoms with Crippen molar-refractivity contribution >= 4 is 23.2 Å². The van der Waals surface area contributed by atoms with Gasteiger partial charge in [-0.25, -0.2) is 0 Å². The molecule has 0 saturated carbocycles. The predicted molar refractivity (Wildman–Crippen MR) is 75.9 cm³/mol. The van der Waals surface area contributed by atoms with Crippen LogP contribution in [0.15, 0.2) is 16.8 Å². The summed E-state index contributed by atoms with van der Waals surface area (Å²) < 4.78 is 0. The summed E-state index contributed by atoms with van der Waals surface area (Å²) in [6.45, 7) is 4.55. The topological polar surface area (TPSA) is 49.4 Å². The van der Waals surface area contributed by atoms with E-state index in [-0.39, 0.29) is 23.9 Å². The minimum atomic E-state index is -0.360. The van der Waals surface area contributed by atoms with Crippen LogP contribution in [-0.4, -0.2) is 29.3 Å². The molecule has 0 aromatic carbocycles. The fraction of sp³-hybridized carbons (Fsp3) is 0.571. The average Bonchev–Trinajstić information content (AvgIpc) is 2.87. The molecular formula is C14H20N2O2S. The summed E-state index contributed by atoms with van der Waals surface area (Å²) in [5.41, 5.74) is 1.14. The lowest BCUT2D eigenvalue weighted by atomic mass is 10.1. The molecule has 0 spiro atoms. The molecule has 2 unspecified atom stereocenters. The predicted octanol–water partition coefficient (Wildman–Crippen LogP) is 2.33. The van der Waals surface area contributed by atoms with Gasteiger partial charge in [-0.15, -0.1) is 0 Å². The smallest absolute Gasteiger partial charge is 0.245 e. The molecule has 2 atom stereocenters. The fourth-order valence-corrected chi connectivity index (χ4v) is 3.17. The van der Waals surface area contributed by atoms with Gasteiger partial charge in [-0.3, -0.25) is 9.59 Å². The highest BCUT2D eigenvalue weighted by molar-refractivity contribution is 7.07. The first-order valence-electron chi connectivity index (χ1n) is 6.75. The van der Waals surface area contributed by atoms with E-state index in [0.717, 1.165) is 12.0 Å². The van der Waals surface area contributed by atoms with E-state index in [0.29, 0.717) is 19.4 Å². The molecule has 0 radical (unpaired) electrons. The van der Waals surface area contributed by atoms with E-state index in [2.05, 4.69) is 10.7 Å². The summed E-state index contributed by atoms with van der Waals surface area (Å²) in [7, 11) is 0. The number of hydrogen-bond donors (Lipinski definition) is 1. The normalized spacial score (nSPS) is 22.0. The van der Waals surface area contributed by atoms with E-state index >= 15 is 0 Å². The first-order chi connectivity index (χ1) is 9.13. The summed E-state index contributed by atoms with van der Waals surface area (Å²) >= 11 is 1.63. The molecule has 104 valence electrons. The van der Waals surface area contributed by atoms with Crippen LogP contribution in [0, 0.1) is 0 Å². The average molecular weight is 280 g/mol. The van der Waals surface area contributed by atoms with Crippen LogP contribution in [0.1, 0.15) is 44.7 Å². The monoisotopic (exact) mass is 280 g/mol. The Hall–Kier alpha value is -1.36. The molecule has 2 heterocycles. The van der Waals surface area contributed by atoms with Gasteiger partial charge in [0.05, 0.1) is 6.04 Å². The van der Waals surface area contributed by atoms with Crippen LogP contribution in [0.5, 0.6) is 0 Å². The Bertz CT molecular complexity index is 444. The van der Waals surface area contributed by atoms with Crippen molar-refractivity contribution in [3.05, 3.63) is 22.4 Å². The molecule has 1 N–H and O–H groups in total. The van der Waals surface area contributed by atoms with Crippen molar-refractivity contribution in [3.63, 3.8) is 0 Å². The zero-order valence-corrected chi connectivity index (χ0v) is 12.2. The van der Waals surface area contributed by atoms with Crippen LogP contribution in [-0.2, 0) is 9.59 Å². The second-order valence-corrected chi connectivity index (χ2v) is 5.70. The van der Waals surface area contributed by atoms with Crippen molar-refractivity contribution in [1.82, 2.24) is 10.2 Å². The lowest BCUT2D eigenvalue weighted by Gasteiger charge is -2.29. The Morgan fingerprint density at radius 1 is 1.53 bits per heavy atom. The van der Waals surface area contributed by atoms with Crippen molar-refractivity contribution in [3.8, 4) is 0 Å².